The molecule has 0 aliphatic rings. The van der Waals surface area contributed by atoms with Crippen molar-refractivity contribution in [2.75, 3.05) is 13.2 Å². The van der Waals surface area contributed by atoms with E-state index in [0.717, 1.165) is 0 Å². The molecule has 1 amide bonds. The van der Waals surface area contributed by atoms with Crippen LogP contribution in [0.2, 0.25) is 0 Å². The van der Waals surface area contributed by atoms with Crippen molar-refractivity contribution in [3.8, 4) is 5.75 Å². The van der Waals surface area contributed by atoms with Crippen LogP contribution in [0, 0.1) is 17.7 Å². The second kappa shape index (κ2) is 8.36. The Balaban J connectivity index is 2.80. The number of carbonyl (C=O) groups excluding carboxylic acids is 1. The first-order valence-electron chi connectivity index (χ1n) is 7.29. The van der Waals surface area contributed by atoms with Crippen molar-refractivity contribution in [2.24, 2.45) is 11.8 Å². The second-order valence-electron chi connectivity index (χ2n) is 5.42. The molecule has 2 N–H and O–H groups in total. The number of carboxylic acids is 1. The number of amides is 1. The topological polar surface area (TPSA) is 75.6 Å². The van der Waals surface area contributed by atoms with Crippen LogP contribution in [0.15, 0.2) is 18.2 Å². The molecule has 0 saturated heterocycles. The number of hydrogen-bond acceptors (Lipinski definition) is 3. The molecule has 0 fully saturated rings. The van der Waals surface area contributed by atoms with Gasteiger partial charge < -0.3 is 15.2 Å². The van der Waals surface area contributed by atoms with Gasteiger partial charge in [-0.05, 0) is 31.4 Å². The molecule has 0 saturated carbocycles. The monoisotopic (exact) mass is 311 g/mol. The van der Waals surface area contributed by atoms with Crippen LogP contribution in [0.1, 0.15) is 37.6 Å². The normalized spacial score (nSPS) is 12.0. The van der Waals surface area contributed by atoms with Gasteiger partial charge in [-0.25, -0.2) is 4.39 Å². The standard InChI is InChI=1S/C16H22FNO4/c1-4-22-14-12(6-5-7-13(14)17)15(19)18-9-11(16(20)21)8-10(2)3/h5-7,10-11H,4,8-9H2,1-3H3,(H,18,19)(H,20,21). The minimum atomic E-state index is -0.960. The van der Waals surface area contributed by atoms with Gasteiger partial charge >= 0.3 is 5.97 Å². The lowest BCUT2D eigenvalue weighted by atomic mass is 9.97. The van der Waals surface area contributed by atoms with Crippen molar-refractivity contribution in [3.63, 3.8) is 0 Å². The third kappa shape index (κ3) is 5.02. The molecule has 1 rings (SSSR count). The molecule has 6 heteroatoms. The Morgan fingerprint density at radius 1 is 1.36 bits per heavy atom. The third-order valence-corrected chi connectivity index (χ3v) is 3.11. The molecule has 1 aromatic carbocycles. The van der Waals surface area contributed by atoms with Gasteiger partial charge in [-0.1, -0.05) is 19.9 Å². The molecule has 0 aliphatic carbocycles. The molecular formula is C16H22FNO4. The van der Waals surface area contributed by atoms with Crippen molar-refractivity contribution >= 4 is 11.9 Å². The summed E-state index contributed by atoms with van der Waals surface area (Å²) in [5, 5.41) is 11.7. The number of carbonyl (C=O) groups is 2. The van der Waals surface area contributed by atoms with E-state index < -0.39 is 23.6 Å². The number of para-hydroxylation sites is 1. The summed E-state index contributed by atoms with van der Waals surface area (Å²) in [5.41, 5.74) is 0.0653. The van der Waals surface area contributed by atoms with Gasteiger partial charge in [0.1, 0.15) is 0 Å². The fraction of sp³-hybridized carbons (Fsp3) is 0.500. The summed E-state index contributed by atoms with van der Waals surface area (Å²) in [7, 11) is 0. The SMILES string of the molecule is CCOc1c(F)cccc1C(=O)NCC(CC(C)C)C(=O)O. The lowest BCUT2D eigenvalue weighted by Gasteiger charge is -2.16. The molecule has 22 heavy (non-hydrogen) atoms. The Hall–Kier alpha value is -2.11. The highest BCUT2D eigenvalue weighted by Crippen LogP contribution is 2.22. The molecular weight excluding hydrogens is 289 g/mol. The van der Waals surface area contributed by atoms with Gasteiger partial charge in [0.05, 0.1) is 18.1 Å². The van der Waals surface area contributed by atoms with E-state index >= 15 is 0 Å². The first-order chi connectivity index (χ1) is 10.4. The van der Waals surface area contributed by atoms with Crippen molar-refractivity contribution in [2.45, 2.75) is 27.2 Å². The minimum Gasteiger partial charge on any atom is -0.490 e. The van der Waals surface area contributed by atoms with E-state index in [-0.39, 0.29) is 30.4 Å². The van der Waals surface area contributed by atoms with Crippen LogP contribution in [0.5, 0.6) is 5.75 Å². The highest BCUT2D eigenvalue weighted by molar-refractivity contribution is 5.97. The molecule has 5 nitrogen and oxygen atoms in total. The van der Waals surface area contributed by atoms with E-state index in [0.29, 0.717) is 6.42 Å². The number of benzene rings is 1. The van der Waals surface area contributed by atoms with E-state index in [9.17, 15) is 14.0 Å². The summed E-state index contributed by atoms with van der Waals surface area (Å²) in [6.07, 6.45) is 0.455. The molecule has 0 radical (unpaired) electrons. The average molecular weight is 311 g/mol. The first-order valence-corrected chi connectivity index (χ1v) is 7.29. The lowest BCUT2D eigenvalue weighted by Crippen LogP contribution is -2.34. The summed E-state index contributed by atoms with van der Waals surface area (Å²) in [5.74, 6) is -2.71. The molecule has 122 valence electrons. The zero-order valence-corrected chi connectivity index (χ0v) is 13.1. The van der Waals surface area contributed by atoms with Gasteiger partial charge in [0, 0.05) is 6.54 Å². The summed E-state index contributed by atoms with van der Waals surface area (Å²) in [6.45, 7) is 5.74. The van der Waals surface area contributed by atoms with Crippen molar-refractivity contribution in [1.29, 1.82) is 0 Å². The van der Waals surface area contributed by atoms with Crippen molar-refractivity contribution < 1.29 is 23.8 Å². The maximum Gasteiger partial charge on any atom is 0.308 e. The first kappa shape index (κ1) is 17.9. The maximum absolute atomic E-state index is 13.7. The number of hydrogen-bond donors (Lipinski definition) is 2. The Labute approximate surface area is 129 Å². The Kier molecular flexibility index (Phi) is 6.82. The molecule has 0 aromatic heterocycles. The smallest absolute Gasteiger partial charge is 0.308 e. The summed E-state index contributed by atoms with van der Waals surface area (Å²) >= 11 is 0. The minimum absolute atomic E-state index is 0.00553. The lowest BCUT2D eigenvalue weighted by molar-refractivity contribution is -0.142. The Morgan fingerprint density at radius 2 is 2.05 bits per heavy atom. The summed E-state index contributed by atoms with van der Waals surface area (Å²) in [4.78, 5) is 23.3. The fourth-order valence-corrected chi connectivity index (χ4v) is 2.13. The van der Waals surface area contributed by atoms with E-state index in [1.165, 1.54) is 18.2 Å². The highest BCUT2D eigenvalue weighted by Gasteiger charge is 2.22. The predicted octanol–water partition coefficient (Wildman–Crippen LogP) is 2.70. The van der Waals surface area contributed by atoms with Crippen LogP contribution in [-0.2, 0) is 4.79 Å². The highest BCUT2D eigenvalue weighted by atomic mass is 19.1. The van der Waals surface area contributed by atoms with Gasteiger partial charge in [0.15, 0.2) is 11.6 Å². The summed E-state index contributed by atoms with van der Waals surface area (Å²) in [6, 6.07) is 4.07. The molecule has 1 unspecified atom stereocenters. The number of aliphatic carboxylic acids is 1. The number of ether oxygens (including phenoxy) is 1. The molecule has 0 aliphatic heterocycles. The van der Waals surface area contributed by atoms with Crippen molar-refractivity contribution in [3.05, 3.63) is 29.6 Å². The van der Waals surface area contributed by atoms with Crippen molar-refractivity contribution in [1.82, 2.24) is 5.32 Å². The molecule has 0 heterocycles. The molecule has 0 bridgehead atoms. The van der Waals surface area contributed by atoms with Crippen LogP contribution < -0.4 is 10.1 Å². The number of rotatable bonds is 8. The van der Waals surface area contributed by atoms with Crippen LogP contribution in [0.3, 0.4) is 0 Å². The van der Waals surface area contributed by atoms with E-state index in [1.807, 2.05) is 13.8 Å². The van der Waals surface area contributed by atoms with Gasteiger partial charge in [0.25, 0.3) is 5.91 Å². The zero-order chi connectivity index (χ0) is 16.7. The Morgan fingerprint density at radius 3 is 2.59 bits per heavy atom. The van der Waals surface area contributed by atoms with E-state index in [2.05, 4.69) is 5.32 Å². The fourth-order valence-electron chi connectivity index (χ4n) is 2.13. The van der Waals surface area contributed by atoms with Gasteiger partial charge in [-0.2, -0.15) is 0 Å². The van der Waals surface area contributed by atoms with Gasteiger partial charge in [-0.15, -0.1) is 0 Å². The van der Waals surface area contributed by atoms with Crippen LogP contribution in [0.25, 0.3) is 0 Å². The maximum atomic E-state index is 13.7. The van der Waals surface area contributed by atoms with Crippen LogP contribution in [-0.4, -0.2) is 30.1 Å². The zero-order valence-electron chi connectivity index (χ0n) is 13.1. The van der Waals surface area contributed by atoms with Gasteiger partial charge in [0.2, 0.25) is 0 Å². The van der Waals surface area contributed by atoms with Crippen LogP contribution >= 0.6 is 0 Å². The molecule has 1 aromatic rings. The second-order valence-corrected chi connectivity index (χ2v) is 5.42. The average Bonchev–Trinajstić information content (AvgIpc) is 2.44. The number of halogens is 1. The largest absolute Gasteiger partial charge is 0.490 e. The van der Waals surface area contributed by atoms with E-state index in [1.54, 1.807) is 6.92 Å². The number of nitrogens with one attached hydrogen (secondary N) is 1. The van der Waals surface area contributed by atoms with Crippen LogP contribution in [0.4, 0.5) is 4.39 Å². The van der Waals surface area contributed by atoms with E-state index in [4.69, 9.17) is 9.84 Å². The Bertz CT molecular complexity index is 531. The summed E-state index contributed by atoms with van der Waals surface area (Å²) < 4.78 is 18.9. The predicted molar refractivity (Wildman–Crippen MR) is 80.5 cm³/mol. The molecule has 1 atom stereocenters. The third-order valence-electron chi connectivity index (χ3n) is 3.11. The molecule has 0 spiro atoms. The number of carboxylic acid groups (broad SMARTS) is 1. The van der Waals surface area contributed by atoms with Gasteiger partial charge in [-0.3, -0.25) is 9.59 Å². The quantitative estimate of drug-likeness (QED) is 0.774.